The minimum atomic E-state index is -0.924. The second-order valence-electron chi connectivity index (χ2n) is 6.97. The molecular weight excluding hydrogens is 364 g/mol. The smallest absolute Gasteiger partial charge is 0.317 e. The fourth-order valence-electron chi connectivity index (χ4n) is 3.14. The number of nitrogens with one attached hydrogen (secondary N) is 1. The molecule has 0 aromatic heterocycles. The van der Waals surface area contributed by atoms with Crippen LogP contribution in [-0.2, 0) is 11.3 Å². The summed E-state index contributed by atoms with van der Waals surface area (Å²) in [5, 5.41) is 2.80. The highest BCUT2D eigenvalue weighted by Gasteiger charge is 2.16. The molecule has 0 bridgehead atoms. The van der Waals surface area contributed by atoms with Gasteiger partial charge in [-0.3, -0.25) is 0 Å². The van der Waals surface area contributed by atoms with Crippen LogP contribution in [0.15, 0.2) is 42.5 Å². The predicted octanol–water partition coefficient (Wildman–Crippen LogP) is 3.70. The van der Waals surface area contributed by atoms with Gasteiger partial charge in [-0.1, -0.05) is 18.2 Å². The molecule has 2 aromatic carbocycles. The number of carbonyl (C=O) groups is 1. The van der Waals surface area contributed by atoms with Gasteiger partial charge in [0.05, 0.1) is 19.3 Å². The molecule has 28 heavy (non-hydrogen) atoms. The molecule has 1 saturated heterocycles. The molecule has 3 rings (SSSR count). The Morgan fingerprint density at radius 1 is 1.14 bits per heavy atom. The molecule has 150 valence electrons. The molecule has 1 fully saturated rings. The number of nitrogens with zero attached hydrogens (tertiary/aromatic N) is 2. The van der Waals surface area contributed by atoms with Crippen LogP contribution in [0.25, 0.3) is 0 Å². The predicted molar refractivity (Wildman–Crippen MR) is 104 cm³/mol. The number of urea groups is 1. The van der Waals surface area contributed by atoms with Crippen LogP contribution in [0.1, 0.15) is 24.1 Å². The molecule has 2 amide bonds. The summed E-state index contributed by atoms with van der Waals surface area (Å²) in [6, 6.07) is 11.0. The van der Waals surface area contributed by atoms with E-state index in [0.29, 0.717) is 12.1 Å². The number of morpholine rings is 1. The number of hydrogen-bond acceptors (Lipinski definition) is 3. The van der Waals surface area contributed by atoms with E-state index in [1.165, 1.54) is 6.07 Å². The van der Waals surface area contributed by atoms with Crippen LogP contribution in [0.5, 0.6) is 0 Å². The van der Waals surface area contributed by atoms with Crippen LogP contribution in [0, 0.1) is 11.6 Å². The van der Waals surface area contributed by atoms with E-state index in [4.69, 9.17) is 4.74 Å². The van der Waals surface area contributed by atoms with Gasteiger partial charge in [0.1, 0.15) is 0 Å². The fourth-order valence-corrected chi connectivity index (χ4v) is 3.14. The largest absolute Gasteiger partial charge is 0.378 e. The zero-order valence-corrected chi connectivity index (χ0v) is 16.1. The van der Waals surface area contributed by atoms with Crippen molar-refractivity contribution >= 4 is 11.7 Å². The Kier molecular flexibility index (Phi) is 6.46. The second kappa shape index (κ2) is 9.01. The van der Waals surface area contributed by atoms with Crippen molar-refractivity contribution < 1.29 is 18.3 Å². The first-order valence-corrected chi connectivity index (χ1v) is 9.32. The van der Waals surface area contributed by atoms with Crippen LogP contribution in [0.2, 0.25) is 0 Å². The minimum Gasteiger partial charge on any atom is -0.378 e. The van der Waals surface area contributed by atoms with Crippen molar-refractivity contribution in [3.63, 3.8) is 0 Å². The van der Waals surface area contributed by atoms with Gasteiger partial charge in [0.2, 0.25) is 0 Å². The van der Waals surface area contributed by atoms with E-state index in [0.717, 1.165) is 49.7 Å². The Labute approximate surface area is 163 Å². The van der Waals surface area contributed by atoms with Crippen LogP contribution < -0.4 is 10.2 Å². The highest BCUT2D eigenvalue weighted by molar-refractivity contribution is 5.74. The minimum absolute atomic E-state index is 0.283. The van der Waals surface area contributed by atoms with Crippen molar-refractivity contribution in [1.29, 1.82) is 0 Å². The Morgan fingerprint density at radius 2 is 1.82 bits per heavy atom. The topological polar surface area (TPSA) is 44.8 Å². The first-order chi connectivity index (χ1) is 13.4. The highest BCUT2D eigenvalue weighted by atomic mass is 19.2. The molecule has 1 aliphatic rings. The molecule has 1 atom stereocenters. The van der Waals surface area contributed by atoms with Gasteiger partial charge in [-0.2, -0.15) is 0 Å². The number of anilines is 1. The number of ether oxygens (including phenoxy) is 1. The molecule has 5 nitrogen and oxygen atoms in total. The van der Waals surface area contributed by atoms with Gasteiger partial charge < -0.3 is 19.9 Å². The molecule has 1 aliphatic heterocycles. The molecular formula is C21H25F2N3O2. The fraction of sp³-hybridized carbons (Fsp3) is 0.381. The number of benzene rings is 2. The monoisotopic (exact) mass is 389 g/mol. The lowest BCUT2D eigenvalue weighted by atomic mass is 10.1. The van der Waals surface area contributed by atoms with Crippen LogP contribution >= 0.6 is 0 Å². The van der Waals surface area contributed by atoms with Crippen molar-refractivity contribution in [2.24, 2.45) is 0 Å². The van der Waals surface area contributed by atoms with Crippen molar-refractivity contribution in [3.8, 4) is 0 Å². The third kappa shape index (κ3) is 4.98. The van der Waals surface area contributed by atoms with E-state index in [1.807, 2.05) is 12.1 Å². The lowest BCUT2D eigenvalue weighted by Gasteiger charge is -2.29. The van der Waals surface area contributed by atoms with Gasteiger partial charge in [-0.15, -0.1) is 0 Å². The van der Waals surface area contributed by atoms with Crippen molar-refractivity contribution in [2.45, 2.75) is 19.5 Å². The summed E-state index contributed by atoms with van der Waals surface area (Å²) < 4.78 is 31.8. The summed E-state index contributed by atoms with van der Waals surface area (Å²) in [6.07, 6.45) is 0. The maximum atomic E-state index is 13.4. The average Bonchev–Trinajstić information content (AvgIpc) is 2.71. The summed E-state index contributed by atoms with van der Waals surface area (Å²) >= 11 is 0. The average molecular weight is 389 g/mol. The van der Waals surface area contributed by atoms with Gasteiger partial charge in [0.25, 0.3) is 0 Å². The van der Waals surface area contributed by atoms with E-state index in [9.17, 15) is 13.6 Å². The second-order valence-corrected chi connectivity index (χ2v) is 6.97. The van der Waals surface area contributed by atoms with Crippen molar-refractivity contribution in [1.82, 2.24) is 10.2 Å². The van der Waals surface area contributed by atoms with Crippen molar-refractivity contribution in [2.75, 3.05) is 38.3 Å². The zero-order valence-electron chi connectivity index (χ0n) is 16.1. The Morgan fingerprint density at radius 3 is 2.46 bits per heavy atom. The Balaban J connectivity index is 1.55. The lowest BCUT2D eigenvalue weighted by Crippen LogP contribution is -2.38. The van der Waals surface area contributed by atoms with Crippen LogP contribution in [-0.4, -0.2) is 44.3 Å². The molecule has 2 aromatic rings. The highest BCUT2D eigenvalue weighted by Crippen LogP contribution is 2.18. The molecule has 0 spiro atoms. The van der Waals surface area contributed by atoms with E-state index < -0.39 is 17.7 Å². The maximum Gasteiger partial charge on any atom is 0.317 e. The standard InChI is InChI=1S/C21H25F2N3O2/c1-15(17-5-8-19(22)20(23)13-17)24-21(27)25(2)14-16-3-6-18(7-4-16)26-9-11-28-12-10-26/h3-8,13,15H,9-12,14H2,1-2H3,(H,24,27). The third-order valence-electron chi connectivity index (χ3n) is 4.86. The van der Waals surface area contributed by atoms with Crippen LogP contribution in [0.3, 0.4) is 0 Å². The molecule has 1 N–H and O–H groups in total. The Bertz CT molecular complexity index is 808. The molecule has 1 unspecified atom stereocenters. The third-order valence-corrected chi connectivity index (χ3v) is 4.86. The van der Waals surface area contributed by atoms with Gasteiger partial charge in [0.15, 0.2) is 11.6 Å². The van der Waals surface area contributed by atoms with E-state index in [2.05, 4.69) is 22.3 Å². The lowest BCUT2D eigenvalue weighted by molar-refractivity contribution is 0.122. The molecule has 0 radical (unpaired) electrons. The summed E-state index contributed by atoms with van der Waals surface area (Å²) in [7, 11) is 1.70. The summed E-state index contributed by atoms with van der Waals surface area (Å²) in [5.41, 5.74) is 2.66. The number of hydrogen-bond donors (Lipinski definition) is 1. The first kappa shape index (κ1) is 20.1. The van der Waals surface area contributed by atoms with Gasteiger partial charge in [-0.25, -0.2) is 13.6 Å². The molecule has 0 aliphatic carbocycles. The zero-order chi connectivity index (χ0) is 20.1. The summed E-state index contributed by atoms with van der Waals surface area (Å²) in [4.78, 5) is 16.2. The summed E-state index contributed by atoms with van der Waals surface area (Å²) in [5.74, 6) is -1.83. The maximum absolute atomic E-state index is 13.4. The van der Waals surface area contributed by atoms with E-state index in [-0.39, 0.29) is 6.03 Å². The molecule has 7 heteroatoms. The molecule has 1 heterocycles. The number of halogens is 2. The van der Waals surface area contributed by atoms with E-state index >= 15 is 0 Å². The Hall–Kier alpha value is -2.67. The summed E-state index contributed by atoms with van der Waals surface area (Å²) in [6.45, 7) is 5.41. The number of rotatable bonds is 5. The first-order valence-electron chi connectivity index (χ1n) is 9.32. The normalized spacial score (nSPS) is 15.2. The van der Waals surface area contributed by atoms with Crippen molar-refractivity contribution in [3.05, 3.63) is 65.2 Å². The SMILES string of the molecule is CC(NC(=O)N(C)Cc1ccc(N2CCOCC2)cc1)c1ccc(F)c(F)c1. The van der Waals surface area contributed by atoms with E-state index in [1.54, 1.807) is 18.9 Å². The van der Waals surface area contributed by atoms with Gasteiger partial charge >= 0.3 is 6.03 Å². The number of amides is 2. The number of carbonyl (C=O) groups excluding carboxylic acids is 1. The quantitative estimate of drug-likeness (QED) is 0.848. The molecule has 0 saturated carbocycles. The van der Waals surface area contributed by atoms with Gasteiger partial charge in [0, 0.05) is 32.4 Å². The van der Waals surface area contributed by atoms with Crippen LogP contribution in [0.4, 0.5) is 19.3 Å². The van der Waals surface area contributed by atoms with Gasteiger partial charge in [-0.05, 0) is 42.3 Å².